The highest BCUT2D eigenvalue weighted by Crippen LogP contribution is 2.43. The highest BCUT2D eigenvalue weighted by molar-refractivity contribution is 6.12. The fraction of sp³-hybridized carbons (Fsp3) is 0.182. The second-order valence-corrected chi connectivity index (χ2v) is 7.21. The van der Waals surface area contributed by atoms with E-state index in [1.165, 1.54) is 0 Å². The van der Waals surface area contributed by atoms with Gasteiger partial charge in [0.2, 0.25) is 11.7 Å². The number of rotatable bonds is 4. The van der Waals surface area contributed by atoms with E-state index < -0.39 is 6.17 Å². The number of pyridine rings is 1. The fourth-order valence-electron chi connectivity index (χ4n) is 3.31. The summed E-state index contributed by atoms with van der Waals surface area (Å²) in [5.74, 6) is 0.156. The molecular formula is C22H17FN4O2. The predicted octanol–water partition coefficient (Wildman–Crippen LogP) is 4.67. The summed E-state index contributed by atoms with van der Waals surface area (Å²) in [5.41, 5.74) is 2.72. The first-order valence-corrected chi connectivity index (χ1v) is 9.33. The monoisotopic (exact) mass is 388 g/mol. The summed E-state index contributed by atoms with van der Waals surface area (Å²) < 4.78 is 18.4. The van der Waals surface area contributed by atoms with E-state index in [-0.39, 0.29) is 11.8 Å². The number of halogens is 1. The summed E-state index contributed by atoms with van der Waals surface area (Å²) in [6.45, 7) is 1.90. The third-order valence-electron chi connectivity index (χ3n) is 5.13. The van der Waals surface area contributed by atoms with E-state index in [1.54, 1.807) is 18.5 Å². The van der Waals surface area contributed by atoms with Crippen molar-refractivity contribution in [2.75, 3.05) is 5.32 Å². The topological polar surface area (TPSA) is 80.9 Å². The van der Waals surface area contributed by atoms with Crippen LogP contribution in [0.1, 0.15) is 34.2 Å². The summed E-state index contributed by atoms with van der Waals surface area (Å²) in [6.07, 6.45) is 2.82. The van der Waals surface area contributed by atoms with Gasteiger partial charge in [0.25, 0.3) is 5.91 Å². The zero-order valence-electron chi connectivity index (χ0n) is 15.6. The van der Waals surface area contributed by atoms with E-state index >= 15 is 0 Å². The number of anilines is 1. The minimum atomic E-state index is -0.898. The predicted molar refractivity (Wildman–Crippen MR) is 106 cm³/mol. The summed E-state index contributed by atoms with van der Waals surface area (Å²) >= 11 is 0. The van der Waals surface area contributed by atoms with Gasteiger partial charge in [0.1, 0.15) is 6.17 Å². The number of hydrogen-bond donors (Lipinski definition) is 1. The van der Waals surface area contributed by atoms with E-state index in [0.29, 0.717) is 35.0 Å². The number of carbonyl (C=O) groups excluding carboxylic acids is 1. The minimum Gasteiger partial charge on any atom is -0.339 e. The van der Waals surface area contributed by atoms with Crippen LogP contribution in [0.3, 0.4) is 0 Å². The molecule has 29 heavy (non-hydrogen) atoms. The molecule has 7 heteroatoms. The maximum Gasteiger partial charge on any atom is 0.257 e. The lowest BCUT2D eigenvalue weighted by Gasteiger charge is -2.11. The quantitative estimate of drug-likeness (QED) is 0.549. The molecule has 2 aromatic carbocycles. The molecule has 1 amide bonds. The number of carbonyl (C=O) groups is 1. The number of nitrogens with one attached hydrogen (secondary N) is 1. The zero-order valence-corrected chi connectivity index (χ0v) is 15.6. The molecule has 0 saturated heterocycles. The highest BCUT2D eigenvalue weighted by atomic mass is 19.1. The third kappa shape index (κ3) is 3.24. The molecule has 1 fully saturated rings. The van der Waals surface area contributed by atoms with Gasteiger partial charge in [-0.05, 0) is 30.4 Å². The standard InChI is InChI=1S/C22H17FN4O2/c1-12-6-7-13(20-26-22(29-27-20)16-9-18(16)23)8-19(12)25-21(28)17-11-24-10-14-4-2-3-5-15(14)17/h2-8,10-11,16,18H,9H2,1H3,(H,25,28)/t16-,18-/m0/s1. The van der Waals surface area contributed by atoms with Crippen molar-refractivity contribution in [1.82, 2.24) is 15.1 Å². The van der Waals surface area contributed by atoms with E-state index in [2.05, 4.69) is 20.4 Å². The lowest BCUT2D eigenvalue weighted by Crippen LogP contribution is -2.13. The van der Waals surface area contributed by atoms with Gasteiger partial charge in [-0.3, -0.25) is 9.78 Å². The Morgan fingerprint density at radius 3 is 2.86 bits per heavy atom. The summed E-state index contributed by atoms with van der Waals surface area (Å²) in [7, 11) is 0. The number of aryl methyl sites for hydroxylation is 1. The molecule has 144 valence electrons. The van der Waals surface area contributed by atoms with Crippen molar-refractivity contribution in [2.24, 2.45) is 0 Å². The Hall–Kier alpha value is -3.61. The number of alkyl halides is 1. The molecular weight excluding hydrogens is 371 g/mol. The zero-order chi connectivity index (χ0) is 20.0. The highest BCUT2D eigenvalue weighted by Gasteiger charge is 2.43. The molecule has 1 saturated carbocycles. The van der Waals surface area contributed by atoms with Crippen LogP contribution in [0.2, 0.25) is 0 Å². The van der Waals surface area contributed by atoms with Gasteiger partial charge in [0.05, 0.1) is 11.5 Å². The molecule has 6 nitrogen and oxygen atoms in total. The first-order valence-electron chi connectivity index (χ1n) is 9.33. The molecule has 0 radical (unpaired) electrons. The summed E-state index contributed by atoms with van der Waals surface area (Å²) in [6, 6.07) is 13.1. The van der Waals surface area contributed by atoms with Gasteiger partial charge >= 0.3 is 0 Å². The third-order valence-corrected chi connectivity index (χ3v) is 5.13. The van der Waals surface area contributed by atoms with Crippen molar-refractivity contribution in [2.45, 2.75) is 25.4 Å². The average molecular weight is 388 g/mol. The Balaban J connectivity index is 1.44. The van der Waals surface area contributed by atoms with Crippen molar-refractivity contribution in [3.63, 3.8) is 0 Å². The van der Waals surface area contributed by atoms with Crippen molar-refractivity contribution in [3.05, 3.63) is 71.9 Å². The van der Waals surface area contributed by atoms with Crippen LogP contribution in [-0.4, -0.2) is 27.2 Å². The molecule has 2 aromatic heterocycles. The molecule has 0 unspecified atom stereocenters. The van der Waals surface area contributed by atoms with Gasteiger partial charge in [-0.2, -0.15) is 4.98 Å². The molecule has 4 aromatic rings. The Kier molecular flexibility index (Phi) is 4.08. The molecule has 1 aliphatic carbocycles. The van der Waals surface area contributed by atoms with Crippen LogP contribution in [0.25, 0.3) is 22.2 Å². The van der Waals surface area contributed by atoms with Crippen molar-refractivity contribution >= 4 is 22.4 Å². The van der Waals surface area contributed by atoms with Crippen LogP contribution in [0.15, 0.2) is 59.4 Å². The van der Waals surface area contributed by atoms with Gasteiger partial charge in [-0.25, -0.2) is 4.39 Å². The Labute approximate surface area is 165 Å². The van der Waals surface area contributed by atoms with Crippen molar-refractivity contribution in [1.29, 1.82) is 0 Å². The number of amides is 1. The minimum absolute atomic E-state index is 0.249. The van der Waals surface area contributed by atoms with Crippen LogP contribution in [-0.2, 0) is 0 Å². The lowest BCUT2D eigenvalue weighted by molar-refractivity contribution is 0.102. The molecule has 2 atom stereocenters. The summed E-state index contributed by atoms with van der Waals surface area (Å²) in [4.78, 5) is 21.4. The second kappa shape index (κ2) is 6.77. The van der Waals surface area contributed by atoms with E-state index in [9.17, 15) is 9.18 Å². The van der Waals surface area contributed by atoms with Gasteiger partial charge in [0, 0.05) is 29.0 Å². The lowest BCUT2D eigenvalue weighted by atomic mass is 10.1. The average Bonchev–Trinajstić information content (AvgIpc) is 3.26. The van der Waals surface area contributed by atoms with Gasteiger partial charge < -0.3 is 9.84 Å². The maximum atomic E-state index is 13.2. The smallest absolute Gasteiger partial charge is 0.257 e. The van der Waals surface area contributed by atoms with Gasteiger partial charge in [-0.1, -0.05) is 41.6 Å². The molecule has 5 rings (SSSR count). The fourth-order valence-corrected chi connectivity index (χ4v) is 3.31. The molecule has 0 bridgehead atoms. The van der Waals surface area contributed by atoms with Crippen LogP contribution < -0.4 is 5.32 Å². The number of hydrogen-bond acceptors (Lipinski definition) is 5. The first-order chi connectivity index (χ1) is 14.1. The number of benzene rings is 2. The van der Waals surface area contributed by atoms with E-state index in [0.717, 1.165) is 16.3 Å². The van der Waals surface area contributed by atoms with Crippen molar-refractivity contribution < 1.29 is 13.7 Å². The number of nitrogens with zero attached hydrogens (tertiary/aromatic N) is 3. The van der Waals surface area contributed by atoms with Crippen LogP contribution in [0, 0.1) is 6.92 Å². The Morgan fingerprint density at radius 2 is 2.03 bits per heavy atom. The van der Waals surface area contributed by atoms with Crippen LogP contribution in [0.4, 0.5) is 10.1 Å². The first kappa shape index (κ1) is 17.5. The SMILES string of the molecule is Cc1ccc(-c2noc([C@H]3C[C@@H]3F)n2)cc1NC(=O)c1cncc2ccccc12. The molecule has 2 heterocycles. The van der Waals surface area contributed by atoms with Crippen LogP contribution >= 0.6 is 0 Å². The number of fused-ring (bicyclic) bond motifs is 1. The van der Waals surface area contributed by atoms with E-state index in [4.69, 9.17) is 4.52 Å². The number of aromatic nitrogens is 3. The summed E-state index contributed by atoms with van der Waals surface area (Å²) in [5, 5.41) is 8.64. The van der Waals surface area contributed by atoms with Crippen LogP contribution in [0.5, 0.6) is 0 Å². The van der Waals surface area contributed by atoms with Crippen molar-refractivity contribution in [3.8, 4) is 11.4 Å². The Bertz CT molecular complexity index is 1230. The largest absolute Gasteiger partial charge is 0.339 e. The van der Waals surface area contributed by atoms with Gasteiger partial charge in [0.15, 0.2) is 0 Å². The maximum absolute atomic E-state index is 13.2. The Morgan fingerprint density at radius 1 is 1.21 bits per heavy atom. The molecule has 1 N–H and O–H groups in total. The van der Waals surface area contributed by atoms with Gasteiger partial charge in [-0.15, -0.1) is 0 Å². The van der Waals surface area contributed by atoms with E-state index in [1.807, 2.05) is 43.3 Å². The molecule has 0 aliphatic heterocycles. The molecule has 1 aliphatic rings. The second-order valence-electron chi connectivity index (χ2n) is 7.21. The molecule has 0 spiro atoms. The normalized spacial score (nSPS) is 18.0.